The average molecular weight is 378 g/mol. The highest BCUT2D eigenvalue weighted by molar-refractivity contribution is 6.30. The van der Waals surface area contributed by atoms with Crippen LogP contribution < -0.4 is 5.32 Å². The Hall–Kier alpha value is -2.34. The van der Waals surface area contributed by atoms with Crippen molar-refractivity contribution in [2.24, 2.45) is 0 Å². The lowest BCUT2D eigenvalue weighted by Crippen LogP contribution is -2.30. The molecule has 0 fully saturated rings. The normalized spacial score (nSPS) is 12.2. The fraction of sp³-hybridized carbons (Fsp3) is 0.421. The average Bonchev–Trinajstić information content (AvgIpc) is 2.98. The zero-order valence-corrected chi connectivity index (χ0v) is 16.0. The van der Waals surface area contributed by atoms with Crippen LogP contribution >= 0.6 is 11.6 Å². The topological polar surface area (TPSA) is 84.2 Å². The number of aromatic nitrogens is 2. The summed E-state index contributed by atoms with van der Waals surface area (Å²) >= 11 is 5.88. The molecule has 26 heavy (non-hydrogen) atoms. The molecule has 2 aromatic rings. The second kappa shape index (κ2) is 8.85. The van der Waals surface area contributed by atoms with Crippen molar-refractivity contribution >= 4 is 23.5 Å². The van der Waals surface area contributed by atoms with E-state index in [2.05, 4.69) is 24.3 Å². The van der Waals surface area contributed by atoms with Gasteiger partial charge in [-0.05, 0) is 43.5 Å². The summed E-state index contributed by atoms with van der Waals surface area (Å²) in [5.41, 5.74) is 1.88. The van der Waals surface area contributed by atoms with Gasteiger partial charge in [-0.25, -0.2) is 0 Å². The molecule has 0 unspecified atom stereocenters. The molecule has 1 atom stereocenters. The number of aryl methyl sites for hydroxylation is 1. The monoisotopic (exact) mass is 377 g/mol. The molecule has 2 rings (SSSR count). The van der Waals surface area contributed by atoms with E-state index in [1.54, 1.807) is 30.3 Å². The molecule has 1 heterocycles. The van der Waals surface area contributed by atoms with Crippen LogP contribution in [0.5, 0.6) is 0 Å². The van der Waals surface area contributed by atoms with Crippen molar-refractivity contribution < 1.29 is 14.7 Å². The molecule has 2 N–H and O–H groups in total. The van der Waals surface area contributed by atoms with E-state index in [-0.39, 0.29) is 18.4 Å². The Morgan fingerprint density at radius 3 is 2.38 bits per heavy atom. The lowest BCUT2D eigenvalue weighted by Gasteiger charge is -2.17. The molecular weight excluding hydrogens is 354 g/mol. The molecule has 0 spiro atoms. The van der Waals surface area contributed by atoms with E-state index in [1.807, 2.05) is 11.6 Å². The molecule has 140 valence electrons. The highest BCUT2D eigenvalue weighted by atomic mass is 35.5. The quantitative estimate of drug-likeness (QED) is 0.723. The molecule has 0 bridgehead atoms. The number of amides is 1. The van der Waals surface area contributed by atoms with Crippen LogP contribution in [-0.2, 0) is 4.79 Å². The zero-order chi connectivity index (χ0) is 19.3. The first-order chi connectivity index (χ1) is 12.3. The number of nitrogens with zero attached hydrogens (tertiary/aromatic N) is 2. The second-order valence-electron chi connectivity index (χ2n) is 6.26. The number of carbonyl (C=O) groups excluding carboxylic acids is 1. The number of carbonyl (C=O) groups is 2. The molecular formula is C19H24ClN3O3. The Morgan fingerprint density at radius 2 is 1.85 bits per heavy atom. The molecule has 1 amide bonds. The third-order valence-electron chi connectivity index (χ3n) is 4.40. The van der Waals surface area contributed by atoms with Crippen LogP contribution in [-0.4, -0.2) is 26.8 Å². The van der Waals surface area contributed by atoms with E-state index in [4.69, 9.17) is 11.6 Å². The van der Waals surface area contributed by atoms with Crippen LogP contribution in [0.4, 0.5) is 0 Å². The summed E-state index contributed by atoms with van der Waals surface area (Å²) in [5.74, 6) is -1.39. The van der Waals surface area contributed by atoms with Crippen LogP contribution in [0.3, 0.4) is 0 Å². The largest absolute Gasteiger partial charge is 0.481 e. The van der Waals surface area contributed by atoms with Crippen LogP contribution in [0, 0.1) is 6.92 Å². The molecule has 0 aliphatic carbocycles. The maximum Gasteiger partial charge on any atom is 0.305 e. The van der Waals surface area contributed by atoms with Gasteiger partial charge in [0.25, 0.3) is 5.91 Å². The van der Waals surface area contributed by atoms with Gasteiger partial charge in [-0.3, -0.25) is 14.3 Å². The van der Waals surface area contributed by atoms with Gasteiger partial charge >= 0.3 is 5.97 Å². The van der Waals surface area contributed by atoms with Crippen molar-refractivity contribution in [2.75, 3.05) is 0 Å². The number of hydrogen-bond acceptors (Lipinski definition) is 3. The van der Waals surface area contributed by atoms with Gasteiger partial charge in [0.2, 0.25) is 0 Å². The maximum absolute atomic E-state index is 12.6. The fourth-order valence-corrected chi connectivity index (χ4v) is 3.08. The zero-order valence-electron chi connectivity index (χ0n) is 15.2. The Labute approximate surface area is 158 Å². The van der Waals surface area contributed by atoms with Gasteiger partial charge in [-0.15, -0.1) is 0 Å². The van der Waals surface area contributed by atoms with Crippen molar-refractivity contribution in [1.82, 2.24) is 15.1 Å². The molecule has 0 aliphatic rings. The smallest absolute Gasteiger partial charge is 0.305 e. The van der Waals surface area contributed by atoms with Gasteiger partial charge in [0.05, 0.1) is 18.5 Å². The number of halogens is 1. The maximum atomic E-state index is 12.6. The second-order valence-corrected chi connectivity index (χ2v) is 6.70. The van der Waals surface area contributed by atoms with Crippen molar-refractivity contribution in [3.63, 3.8) is 0 Å². The summed E-state index contributed by atoms with van der Waals surface area (Å²) in [5, 5.41) is 16.9. The van der Waals surface area contributed by atoms with E-state index in [0.29, 0.717) is 16.3 Å². The summed E-state index contributed by atoms with van der Waals surface area (Å²) < 4.78 is 1.86. The van der Waals surface area contributed by atoms with E-state index < -0.39 is 12.0 Å². The number of benzene rings is 1. The molecule has 7 heteroatoms. The van der Waals surface area contributed by atoms with Crippen molar-refractivity contribution in [1.29, 1.82) is 0 Å². The first-order valence-corrected chi connectivity index (χ1v) is 9.07. The number of carboxylic acid groups (broad SMARTS) is 1. The standard InChI is InChI=1S/C19H24ClN3O3/c1-4-15(5-2)23-12(3)10-17(22-23)19(26)21-16(11-18(24)25)13-6-8-14(20)9-7-13/h6-10,15-16H,4-5,11H2,1-3H3,(H,21,26)(H,24,25)/t16-/m0/s1. The minimum absolute atomic E-state index is 0.223. The number of rotatable bonds is 8. The van der Waals surface area contributed by atoms with Gasteiger partial charge < -0.3 is 10.4 Å². The summed E-state index contributed by atoms with van der Waals surface area (Å²) in [6, 6.07) is 8.08. The lowest BCUT2D eigenvalue weighted by atomic mass is 10.0. The summed E-state index contributed by atoms with van der Waals surface area (Å²) in [6.45, 7) is 6.08. The number of nitrogens with one attached hydrogen (secondary N) is 1. The molecule has 0 aliphatic heterocycles. The molecule has 1 aromatic heterocycles. The molecule has 1 aromatic carbocycles. The predicted octanol–water partition coefficient (Wildman–Crippen LogP) is 4.15. The third kappa shape index (κ3) is 4.85. The first kappa shape index (κ1) is 20.0. The SMILES string of the molecule is CCC(CC)n1nc(C(=O)N[C@@H](CC(=O)O)c2ccc(Cl)cc2)cc1C. The number of carboxylic acids is 1. The predicted molar refractivity (Wildman–Crippen MR) is 100 cm³/mol. The summed E-state index contributed by atoms with van der Waals surface area (Å²) in [4.78, 5) is 23.8. The van der Waals surface area contributed by atoms with Gasteiger partial charge in [0.1, 0.15) is 5.69 Å². The highest BCUT2D eigenvalue weighted by Gasteiger charge is 2.22. The number of hydrogen-bond donors (Lipinski definition) is 2. The van der Waals surface area contributed by atoms with Crippen molar-refractivity contribution in [2.45, 2.75) is 52.1 Å². The first-order valence-electron chi connectivity index (χ1n) is 8.69. The van der Waals surface area contributed by atoms with E-state index in [0.717, 1.165) is 18.5 Å². The minimum Gasteiger partial charge on any atom is -0.481 e. The Balaban J connectivity index is 2.23. The highest BCUT2D eigenvalue weighted by Crippen LogP contribution is 2.21. The third-order valence-corrected chi connectivity index (χ3v) is 4.65. The van der Waals surface area contributed by atoms with E-state index >= 15 is 0 Å². The Bertz CT molecular complexity index is 767. The Kier molecular flexibility index (Phi) is 6.80. The summed E-state index contributed by atoms with van der Waals surface area (Å²) in [7, 11) is 0. The minimum atomic E-state index is -0.996. The van der Waals surface area contributed by atoms with Crippen molar-refractivity contribution in [3.8, 4) is 0 Å². The molecule has 0 saturated carbocycles. The lowest BCUT2D eigenvalue weighted by molar-refractivity contribution is -0.137. The fourth-order valence-electron chi connectivity index (χ4n) is 2.96. The van der Waals surface area contributed by atoms with Crippen LogP contribution in [0.25, 0.3) is 0 Å². The summed E-state index contributed by atoms with van der Waals surface area (Å²) in [6.07, 6.45) is 1.62. The van der Waals surface area contributed by atoms with Gasteiger partial charge in [0.15, 0.2) is 0 Å². The van der Waals surface area contributed by atoms with Crippen LogP contribution in [0.1, 0.15) is 66.9 Å². The Morgan fingerprint density at radius 1 is 1.23 bits per heavy atom. The molecule has 6 nitrogen and oxygen atoms in total. The number of aliphatic carboxylic acids is 1. The van der Waals surface area contributed by atoms with Gasteiger partial charge in [-0.2, -0.15) is 5.10 Å². The van der Waals surface area contributed by atoms with Gasteiger partial charge in [0, 0.05) is 10.7 Å². The van der Waals surface area contributed by atoms with E-state index in [1.165, 1.54) is 0 Å². The van der Waals surface area contributed by atoms with Gasteiger partial charge in [-0.1, -0.05) is 37.6 Å². The molecule has 0 radical (unpaired) electrons. The van der Waals surface area contributed by atoms with E-state index in [9.17, 15) is 14.7 Å². The van der Waals surface area contributed by atoms with Crippen LogP contribution in [0.15, 0.2) is 30.3 Å². The van der Waals surface area contributed by atoms with Crippen LogP contribution in [0.2, 0.25) is 5.02 Å². The molecule has 0 saturated heterocycles. The van der Waals surface area contributed by atoms with Crippen molar-refractivity contribution in [3.05, 3.63) is 52.3 Å².